The van der Waals surface area contributed by atoms with E-state index in [9.17, 15) is 10.4 Å². The number of methoxy groups -OCH3 is 1. The van der Waals surface area contributed by atoms with Crippen molar-refractivity contribution < 1.29 is 9.84 Å². The van der Waals surface area contributed by atoms with Gasteiger partial charge >= 0.3 is 6.01 Å². The normalized spacial score (nSPS) is 31.5. The first-order chi connectivity index (χ1) is 16.2. The lowest BCUT2D eigenvalue weighted by Crippen LogP contribution is -2.55. The van der Waals surface area contributed by atoms with Gasteiger partial charge in [0.05, 0.1) is 35.9 Å². The van der Waals surface area contributed by atoms with Crippen LogP contribution in [0.25, 0.3) is 16.7 Å². The molecule has 1 saturated heterocycles. The van der Waals surface area contributed by atoms with Gasteiger partial charge in [-0.2, -0.15) is 20.3 Å². The van der Waals surface area contributed by atoms with Crippen molar-refractivity contribution >= 4 is 16.7 Å². The molecule has 0 amide bonds. The van der Waals surface area contributed by atoms with Crippen molar-refractivity contribution in [1.82, 2.24) is 19.7 Å². The van der Waals surface area contributed by atoms with Gasteiger partial charge in [-0.25, -0.2) is 4.68 Å². The van der Waals surface area contributed by atoms with Crippen LogP contribution in [0.3, 0.4) is 0 Å². The highest BCUT2D eigenvalue weighted by atomic mass is 16.5. The van der Waals surface area contributed by atoms with Gasteiger partial charge in [-0.1, -0.05) is 26.0 Å². The standard InChI is InChI=1S/C26H30N6O2/c1-16-12-31(13-17(2)24(16,3)33)21-10-22(30-23(29-21)34-4)32-20-9-19(6-5-18(20)11-28-32)26(15-27)14-25(26)7-8-25/h5-6,9-11,16-17,33H,7-8,12-14H2,1-4H3/t16-,17+,24?,26-/m1/s1. The van der Waals surface area contributed by atoms with E-state index in [1.807, 2.05) is 23.9 Å². The summed E-state index contributed by atoms with van der Waals surface area (Å²) in [5.41, 5.74) is 1.12. The summed E-state index contributed by atoms with van der Waals surface area (Å²) in [6.45, 7) is 7.43. The largest absolute Gasteiger partial charge is 0.467 e. The van der Waals surface area contributed by atoms with E-state index in [0.717, 1.165) is 41.5 Å². The first-order valence-electron chi connectivity index (χ1n) is 12.0. The van der Waals surface area contributed by atoms with Gasteiger partial charge in [0.15, 0.2) is 5.82 Å². The maximum absolute atomic E-state index is 10.8. The van der Waals surface area contributed by atoms with Gasteiger partial charge in [0, 0.05) is 36.4 Å². The van der Waals surface area contributed by atoms with E-state index in [4.69, 9.17) is 4.74 Å². The van der Waals surface area contributed by atoms with Gasteiger partial charge in [-0.3, -0.25) is 0 Å². The lowest BCUT2D eigenvalue weighted by molar-refractivity contribution is -0.0504. The van der Waals surface area contributed by atoms with E-state index in [2.05, 4.69) is 58.1 Å². The SMILES string of the molecule is COc1nc(N2C[C@@H](C)C(C)(O)[C@@H](C)C2)cc(-n2ncc3ccc([C@]4(C#N)CC45CC5)cc32)n1. The van der Waals surface area contributed by atoms with Crippen LogP contribution in [0.5, 0.6) is 6.01 Å². The Balaban J connectivity index is 1.41. The van der Waals surface area contributed by atoms with Crippen molar-refractivity contribution in [2.75, 3.05) is 25.1 Å². The summed E-state index contributed by atoms with van der Waals surface area (Å²) in [5.74, 6) is 1.55. The molecule has 3 aromatic rings. The third-order valence-corrected chi connectivity index (χ3v) is 8.88. The number of hydrogen-bond acceptors (Lipinski definition) is 7. The number of rotatable bonds is 4. The first-order valence-corrected chi connectivity index (χ1v) is 12.0. The molecule has 3 aliphatic rings. The molecule has 2 aliphatic carbocycles. The Bertz CT molecular complexity index is 1320. The summed E-state index contributed by atoms with van der Waals surface area (Å²) in [5, 5.41) is 26.5. The number of fused-ring (bicyclic) bond motifs is 1. The van der Waals surface area contributed by atoms with Crippen molar-refractivity contribution in [2.24, 2.45) is 17.3 Å². The lowest BCUT2D eigenvalue weighted by atomic mass is 9.76. The van der Waals surface area contributed by atoms with Crippen LogP contribution in [0.2, 0.25) is 0 Å². The third kappa shape index (κ3) is 2.89. The van der Waals surface area contributed by atoms with Crippen LogP contribution in [0.1, 0.15) is 45.6 Å². The summed E-state index contributed by atoms with van der Waals surface area (Å²) in [4.78, 5) is 11.4. The second-order valence-corrected chi connectivity index (χ2v) is 10.8. The van der Waals surface area contributed by atoms with Crippen molar-refractivity contribution in [3.63, 3.8) is 0 Å². The van der Waals surface area contributed by atoms with Gasteiger partial charge < -0.3 is 14.7 Å². The van der Waals surface area contributed by atoms with Crippen LogP contribution in [-0.2, 0) is 5.41 Å². The second-order valence-electron chi connectivity index (χ2n) is 10.8. The number of nitriles is 1. The topological polar surface area (TPSA) is 100 Å². The fourth-order valence-electron chi connectivity index (χ4n) is 5.86. The molecule has 0 radical (unpaired) electrons. The van der Waals surface area contributed by atoms with Crippen molar-refractivity contribution in [1.29, 1.82) is 5.26 Å². The Hall–Kier alpha value is -3.18. The maximum atomic E-state index is 10.8. The zero-order valence-corrected chi connectivity index (χ0v) is 20.1. The fraction of sp³-hybridized carbons (Fsp3) is 0.538. The summed E-state index contributed by atoms with van der Waals surface area (Å²) in [7, 11) is 1.56. The predicted octanol–water partition coefficient (Wildman–Crippen LogP) is 3.61. The third-order valence-electron chi connectivity index (χ3n) is 8.88. The Kier molecular flexibility index (Phi) is 4.35. The quantitative estimate of drug-likeness (QED) is 0.637. The molecular formula is C26H30N6O2. The molecule has 2 aromatic heterocycles. The van der Waals surface area contributed by atoms with Crippen molar-refractivity contribution in [2.45, 2.75) is 51.0 Å². The van der Waals surface area contributed by atoms with Crippen LogP contribution in [0.4, 0.5) is 5.82 Å². The summed E-state index contributed by atoms with van der Waals surface area (Å²) in [6.07, 6.45) is 5.07. The molecule has 8 nitrogen and oxygen atoms in total. The van der Waals surface area contributed by atoms with Gasteiger partial charge in [0.2, 0.25) is 0 Å². The van der Waals surface area contributed by atoms with E-state index in [1.165, 1.54) is 0 Å². The zero-order valence-electron chi connectivity index (χ0n) is 20.1. The minimum absolute atomic E-state index is 0.0872. The average molecular weight is 459 g/mol. The van der Waals surface area contributed by atoms with Crippen molar-refractivity contribution in [3.05, 3.63) is 36.0 Å². The molecule has 6 rings (SSSR count). The van der Waals surface area contributed by atoms with Crippen LogP contribution < -0.4 is 9.64 Å². The monoisotopic (exact) mass is 458 g/mol. The minimum atomic E-state index is -0.719. The van der Waals surface area contributed by atoms with E-state index in [-0.39, 0.29) is 28.7 Å². The molecular weight excluding hydrogens is 428 g/mol. The highest BCUT2D eigenvalue weighted by Crippen LogP contribution is 2.78. The molecule has 3 heterocycles. The fourth-order valence-corrected chi connectivity index (χ4v) is 5.86. The summed E-state index contributed by atoms with van der Waals surface area (Å²) in [6, 6.07) is 11.1. The van der Waals surface area contributed by atoms with Gasteiger partial charge in [0.25, 0.3) is 0 Å². The van der Waals surface area contributed by atoms with Crippen LogP contribution in [-0.4, -0.2) is 50.7 Å². The number of aromatic nitrogens is 4. The van der Waals surface area contributed by atoms with Gasteiger partial charge in [-0.15, -0.1) is 0 Å². The van der Waals surface area contributed by atoms with E-state index in [1.54, 1.807) is 7.11 Å². The Morgan fingerprint density at radius 1 is 1.12 bits per heavy atom. The lowest BCUT2D eigenvalue weighted by Gasteiger charge is -2.46. The van der Waals surface area contributed by atoms with E-state index >= 15 is 0 Å². The number of nitrogens with zero attached hydrogens (tertiary/aromatic N) is 6. The second kappa shape index (κ2) is 6.92. The minimum Gasteiger partial charge on any atom is -0.467 e. The van der Waals surface area contributed by atoms with E-state index in [0.29, 0.717) is 18.9 Å². The molecule has 1 aliphatic heterocycles. The van der Waals surface area contributed by atoms with Crippen LogP contribution in [0, 0.1) is 28.6 Å². The molecule has 34 heavy (non-hydrogen) atoms. The summed E-state index contributed by atoms with van der Waals surface area (Å²) >= 11 is 0. The van der Waals surface area contributed by atoms with Crippen LogP contribution in [0.15, 0.2) is 30.5 Å². The molecule has 1 unspecified atom stereocenters. The molecule has 2 saturated carbocycles. The molecule has 176 valence electrons. The Labute approximate surface area is 199 Å². The molecule has 1 N–H and O–H groups in total. The highest BCUT2D eigenvalue weighted by Gasteiger charge is 2.75. The predicted molar refractivity (Wildman–Crippen MR) is 128 cm³/mol. The van der Waals surface area contributed by atoms with Gasteiger partial charge in [-0.05, 0) is 43.2 Å². The molecule has 8 heteroatoms. The molecule has 1 spiro atoms. The Morgan fingerprint density at radius 2 is 1.82 bits per heavy atom. The molecule has 4 atom stereocenters. The van der Waals surface area contributed by atoms with Crippen molar-refractivity contribution in [3.8, 4) is 17.9 Å². The smallest absolute Gasteiger partial charge is 0.320 e. The first kappa shape index (κ1) is 21.4. The highest BCUT2D eigenvalue weighted by molar-refractivity contribution is 5.82. The van der Waals surface area contributed by atoms with E-state index < -0.39 is 5.60 Å². The number of aliphatic hydroxyl groups is 1. The number of piperidine rings is 1. The van der Waals surface area contributed by atoms with Gasteiger partial charge in [0.1, 0.15) is 5.82 Å². The molecule has 3 fully saturated rings. The van der Waals surface area contributed by atoms with Crippen LogP contribution >= 0.6 is 0 Å². The number of ether oxygens (including phenoxy) is 1. The Morgan fingerprint density at radius 3 is 2.44 bits per heavy atom. The number of hydrogen-bond donors (Lipinski definition) is 1. The maximum Gasteiger partial charge on any atom is 0.320 e. The summed E-state index contributed by atoms with van der Waals surface area (Å²) < 4.78 is 7.26. The molecule has 0 bridgehead atoms. The molecule has 1 aromatic carbocycles. The number of anilines is 1. The average Bonchev–Trinajstić information content (AvgIpc) is 3.71. The number of benzene rings is 1. The zero-order chi connectivity index (χ0) is 23.9.